The van der Waals surface area contributed by atoms with E-state index in [9.17, 15) is 19.8 Å². The molecule has 0 amide bonds. The minimum absolute atomic E-state index is 0. The van der Waals surface area contributed by atoms with E-state index in [0.29, 0.717) is 18.6 Å². The Morgan fingerprint density at radius 3 is 2.50 bits per heavy atom. The Balaban J connectivity index is 0.00000242. The van der Waals surface area contributed by atoms with Gasteiger partial charge in [0.15, 0.2) is 6.29 Å². The van der Waals surface area contributed by atoms with Gasteiger partial charge >= 0.3 is 24.8 Å². The van der Waals surface area contributed by atoms with E-state index in [2.05, 4.69) is 0 Å². The van der Waals surface area contributed by atoms with Crippen LogP contribution in [0.1, 0.15) is 24.8 Å². The minimum atomic E-state index is -2.44. The molecule has 0 radical (unpaired) electrons. The van der Waals surface area contributed by atoms with Gasteiger partial charge in [0, 0.05) is 13.0 Å². The van der Waals surface area contributed by atoms with E-state index in [1.165, 1.54) is 0 Å². The van der Waals surface area contributed by atoms with Crippen LogP contribution in [0.5, 0.6) is 0 Å². The molecule has 1 aromatic rings. The number of ether oxygens (including phenoxy) is 2. The molecule has 22 heavy (non-hydrogen) atoms. The summed E-state index contributed by atoms with van der Waals surface area (Å²) >= 11 is 0. The summed E-state index contributed by atoms with van der Waals surface area (Å²) < 4.78 is 10.6. The van der Waals surface area contributed by atoms with E-state index >= 15 is 0 Å². The second-order valence-corrected chi connectivity index (χ2v) is 5.00. The molecule has 1 heterocycles. The van der Waals surface area contributed by atoms with Crippen molar-refractivity contribution in [2.45, 2.75) is 37.6 Å². The quantitative estimate of drug-likeness (QED) is 0.455. The van der Waals surface area contributed by atoms with Gasteiger partial charge in [0.05, 0.1) is 5.97 Å². The average Bonchev–Trinajstić information content (AvgIpc) is 2.48. The molecule has 1 aromatic carbocycles. The molecule has 0 saturated carbocycles. The molecule has 0 aliphatic carbocycles. The average molecular weight is 300 g/mol. The van der Waals surface area contributed by atoms with Gasteiger partial charge in [0.25, 0.3) is 0 Å². The van der Waals surface area contributed by atoms with Crippen molar-refractivity contribution in [3.05, 3.63) is 35.9 Å². The van der Waals surface area contributed by atoms with Crippen LogP contribution in [0.4, 0.5) is 0 Å². The minimum Gasteiger partial charge on any atom is -0.546 e. The van der Waals surface area contributed by atoms with E-state index in [4.69, 9.17) is 9.47 Å². The van der Waals surface area contributed by atoms with Gasteiger partial charge in [-0.3, -0.25) is 0 Å². The number of carboxylic acids is 2. The van der Waals surface area contributed by atoms with E-state index in [1.54, 1.807) is 30.3 Å². The van der Waals surface area contributed by atoms with Crippen LogP contribution >= 0.6 is 0 Å². The molecule has 2 unspecified atom stereocenters. The molecule has 0 spiro atoms. The van der Waals surface area contributed by atoms with Crippen LogP contribution in [0.15, 0.2) is 30.3 Å². The fourth-order valence-electron chi connectivity index (χ4n) is 2.29. The first-order valence-electron chi connectivity index (χ1n) is 6.83. The van der Waals surface area contributed by atoms with Crippen molar-refractivity contribution >= 4 is 11.9 Å². The van der Waals surface area contributed by atoms with Crippen LogP contribution in [0.3, 0.4) is 0 Å². The zero-order valence-electron chi connectivity index (χ0n) is 12.5. The van der Waals surface area contributed by atoms with Gasteiger partial charge < -0.3 is 24.5 Å². The maximum atomic E-state index is 11.5. The molecule has 2 atom stereocenters. The number of aliphatic carboxylic acids is 2. The largest absolute Gasteiger partial charge is 1.00 e. The first-order valence-corrected chi connectivity index (χ1v) is 6.83. The molecule has 0 aromatic heterocycles. The second kappa shape index (κ2) is 8.35. The Morgan fingerprint density at radius 1 is 1.32 bits per heavy atom. The van der Waals surface area contributed by atoms with Crippen LogP contribution in [0.2, 0.25) is 0 Å². The fourth-order valence-corrected chi connectivity index (χ4v) is 2.29. The van der Waals surface area contributed by atoms with E-state index in [0.717, 1.165) is 12.8 Å². The van der Waals surface area contributed by atoms with E-state index < -0.39 is 23.8 Å². The first kappa shape index (κ1) is 18.7. The summed E-state index contributed by atoms with van der Waals surface area (Å²) in [5.74, 6) is -3.35. The molecule has 1 aliphatic rings. The standard InChI is InChI=1S/C15H18O6.Li/c16-13(17)15(14(18)19,10-11-6-2-1-3-7-11)21-12-8-4-5-9-20-12;/h1-3,6-7,12H,4-5,8-10H2,(H,16,17)(H,18,19);/q;+1/p-1. The fraction of sp³-hybridized carbons (Fsp3) is 0.467. The molecular weight excluding hydrogens is 283 g/mol. The maximum absolute atomic E-state index is 11.5. The summed E-state index contributed by atoms with van der Waals surface area (Å²) in [6, 6.07) is 8.45. The third-order valence-corrected chi connectivity index (χ3v) is 3.44. The summed E-state index contributed by atoms with van der Waals surface area (Å²) in [6.45, 7) is 0.429. The zero-order chi connectivity index (χ0) is 15.3. The van der Waals surface area contributed by atoms with Crippen molar-refractivity contribution in [2.75, 3.05) is 6.61 Å². The van der Waals surface area contributed by atoms with Gasteiger partial charge in [-0.1, -0.05) is 30.3 Å². The van der Waals surface area contributed by atoms with Gasteiger partial charge in [0.1, 0.15) is 0 Å². The summed E-state index contributed by atoms with van der Waals surface area (Å²) in [6.07, 6.45) is 0.974. The number of carbonyl (C=O) groups excluding carboxylic acids is 1. The van der Waals surface area contributed by atoms with Crippen molar-refractivity contribution in [2.24, 2.45) is 0 Å². The summed E-state index contributed by atoms with van der Waals surface area (Å²) in [5, 5.41) is 20.9. The van der Waals surface area contributed by atoms with Crippen molar-refractivity contribution < 1.29 is 48.1 Å². The SMILES string of the molecule is O=C([O-])C(Cc1ccccc1)(OC1CCCCO1)C(=O)O.[Li+]. The number of carbonyl (C=O) groups is 2. The molecule has 6 nitrogen and oxygen atoms in total. The van der Waals surface area contributed by atoms with E-state index in [-0.39, 0.29) is 25.3 Å². The third-order valence-electron chi connectivity index (χ3n) is 3.44. The number of hydrogen-bond donors (Lipinski definition) is 1. The van der Waals surface area contributed by atoms with Gasteiger partial charge in [-0.2, -0.15) is 0 Å². The third kappa shape index (κ3) is 4.34. The monoisotopic (exact) mass is 300 g/mol. The molecule has 7 heteroatoms. The number of hydrogen-bond acceptors (Lipinski definition) is 5. The topological polar surface area (TPSA) is 95.9 Å². The predicted molar refractivity (Wildman–Crippen MR) is 70.2 cm³/mol. The normalized spacial score (nSPS) is 20.5. The van der Waals surface area contributed by atoms with Crippen LogP contribution in [-0.2, 0) is 25.5 Å². The van der Waals surface area contributed by atoms with Crippen LogP contribution in [0.25, 0.3) is 0 Å². The smallest absolute Gasteiger partial charge is 0.546 e. The first-order chi connectivity index (χ1) is 10.0. The summed E-state index contributed by atoms with van der Waals surface area (Å²) in [4.78, 5) is 23.0. The molecule has 1 fully saturated rings. The van der Waals surface area contributed by atoms with Crippen molar-refractivity contribution in [1.29, 1.82) is 0 Å². The Bertz CT molecular complexity index is 484. The maximum Gasteiger partial charge on any atom is 1.00 e. The predicted octanol–water partition coefficient (Wildman–Crippen LogP) is -2.65. The van der Waals surface area contributed by atoms with Gasteiger partial charge in [-0.25, -0.2) is 4.79 Å². The molecule has 1 aliphatic heterocycles. The van der Waals surface area contributed by atoms with Crippen molar-refractivity contribution in [3.63, 3.8) is 0 Å². The Morgan fingerprint density at radius 2 is 2.00 bits per heavy atom. The van der Waals surface area contributed by atoms with Gasteiger partial charge in [-0.05, 0) is 24.8 Å². The van der Waals surface area contributed by atoms with Crippen LogP contribution in [-0.4, -0.2) is 35.5 Å². The molecule has 1 saturated heterocycles. The zero-order valence-corrected chi connectivity index (χ0v) is 12.5. The molecule has 2 rings (SSSR count). The molecule has 0 bridgehead atoms. The number of rotatable bonds is 6. The van der Waals surface area contributed by atoms with Crippen LogP contribution in [0, 0.1) is 0 Å². The Kier molecular flexibility index (Phi) is 7.10. The van der Waals surface area contributed by atoms with Crippen LogP contribution < -0.4 is 24.0 Å². The van der Waals surface area contributed by atoms with Crippen molar-refractivity contribution in [1.82, 2.24) is 0 Å². The van der Waals surface area contributed by atoms with Crippen molar-refractivity contribution in [3.8, 4) is 0 Å². The summed E-state index contributed by atoms with van der Waals surface area (Å²) in [7, 11) is 0. The Hall–Kier alpha value is -1.32. The summed E-state index contributed by atoms with van der Waals surface area (Å²) in [5.41, 5.74) is -1.90. The second-order valence-electron chi connectivity index (χ2n) is 5.00. The molecule has 114 valence electrons. The Labute approximate surface area is 140 Å². The van der Waals surface area contributed by atoms with Gasteiger partial charge in [-0.15, -0.1) is 0 Å². The number of carboxylic acid groups (broad SMARTS) is 2. The molecule has 1 N–H and O–H groups in total. The van der Waals surface area contributed by atoms with E-state index in [1.807, 2.05) is 0 Å². The number of benzene rings is 1. The van der Waals surface area contributed by atoms with Gasteiger partial charge in [0.2, 0.25) is 5.60 Å². The molecular formula is C15H17LiO6.